The van der Waals surface area contributed by atoms with E-state index in [1.54, 1.807) is 5.38 Å². The summed E-state index contributed by atoms with van der Waals surface area (Å²) in [4.78, 5) is 11.3. The number of halogens is 1. The fraction of sp³-hybridized carbons (Fsp3) is 0.167. The molecule has 0 amide bonds. The van der Waals surface area contributed by atoms with Gasteiger partial charge in [0.15, 0.2) is 0 Å². The summed E-state index contributed by atoms with van der Waals surface area (Å²) < 4.78 is 25.0. The predicted molar refractivity (Wildman–Crippen MR) is 43.4 cm³/mol. The molecule has 0 atom stereocenters. The first-order chi connectivity index (χ1) is 5.88. The van der Waals surface area contributed by atoms with E-state index in [-0.39, 0.29) is 4.88 Å². The molecule has 1 heterocycles. The van der Waals surface area contributed by atoms with Gasteiger partial charge in [-0.1, -0.05) is 0 Å². The average molecular weight is 224 g/mol. The number of ether oxygens (including phenoxy) is 1. The molecule has 0 aliphatic rings. The van der Waals surface area contributed by atoms with E-state index in [9.17, 15) is 4.79 Å². The summed E-state index contributed by atoms with van der Waals surface area (Å²) in [5, 5.41) is 1.68. The topological polar surface area (TPSA) is 26.3 Å². The van der Waals surface area contributed by atoms with E-state index >= 15 is 0 Å². The third-order valence-electron chi connectivity index (χ3n) is 0.861. The quantitative estimate of drug-likeness (QED) is 0.684. The molecule has 0 aliphatic heterocycles. The van der Waals surface area contributed by atoms with Crippen LogP contribution in [0.4, 0.5) is 0 Å². The van der Waals surface area contributed by atoms with Crippen molar-refractivity contribution in [1.82, 2.24) is 0 Å². The molecule has 0 saturated carbocycles. The minimum atomic E-state index is -2.67. The summed E-state index contributed by atoms with van der Waals surface area (Å²) in [6.45, 7) is 0. The van der Waals surface area contributed by atoms with Crippen LogP contribution >= 0.6 is 27.3 Å². The molecule has 10 heavy (non-hydrogen) atoms. The third-order valence-corrected chi connectivity index (χ3v) is 2.53. The van der Waals surface area contributed by atoms with Crippen LogP contribution in [0, 0.1) is 0 Å². The Kier molecular flexibility index (Phi) is 1.43. The van der Waals surface area contributed by atoms with Crippen LogP contribution in [-0.4, -0.2) is 13.0 Å². The largest absolute Gasteiger partial charge is 0.465 e. The van der Waals surface area contributed by atoms with Crippen LogP contribution in [0.1, 0.15) is 13.8 Å². The van der Waals surface area contributed by atoms with Gasteiger partial charge in [-0.25, -0.2) is 4.79 Å². The Morgan fingerprint density at radius 2 is 2.80 bits per heavy atom. The van der Waals surface area contributed by atoms with Gasteiger partial charge in [0.1, 0.15) is 4.88 Å². The highest BCUT2D eigenvalue weighted by atomic mass is 79.9. The van der Waals surface area contributed by atoms with Crippen molar-refractivity contribution in [2.24, 2.45) is 0 Å². The van der Waals surface area contributed by atoms with Crippen LogP contribution < -0.4 is 0 Å². The maximum absolute atomic E-state index is 11.1. The summed E-state index contributed by atoms with van der Waals surface area (Å²) in [7, 11) is -2.67. The molecule has 0 bridgehead atoms. The molecular formula is C6H5BrO2S. The van der Waals surface area contributed by atoms with Crippen molar-refractivity contribution in [3.05, 3.63) is 20.8 Å². The van der Waals surface area contributed by atoms with Gasteiger partial charge >= 0.3 is 5.97 Å². The summed E-state index contributed by atoms with van der Waals surface area (Å²) in [6, 6.07) is 1.51. The molecule has 0 saturated heterocycles. The van der Waals surface area contributed by atoms with Gasteiger partial charge in [0, 0.05) is 9.85 Å². The monoisotopic (exact) mass is 223 g/mol. The molecular weight excluding hydrogens is 216 g/mol. The fourth-order valence-corrected chi connectivity index (χ4v) is 1.77. The molecule has 0 aromatic carbocycles. The molecule has 0 spiro atoms. The van der Waals surface area contributed by atoms with Crippen molar-refractivity contribution in [2.45, 2.75) is 0 Å². The fourth-order valence-electron chi connectivity index (χ4n) is 0.470. The lowest BCUT2D eigenvalue weighted by Gasteiger charge is -1.90. The van der Waals surface area contributed by atoms with Gasteiger partial charge in [0.2, 0.25) is 0 Å². The Labute approximate surface area is 75.2 Å². The minimum Gasteiger partial charge on any atom is -0.465 e. The van der Waals surface area contributed by atoms with E-state index in [1.165, 1.54) is 6.07 Å². The van der Waals surface area contributed by atoms with Crippen LogP contribution in [0.5, 0.6) is 0 Å². The molecule has 4 heteroatoms. The number of carbonyl (C=O) groups is 1. The van der Waals surface area contributed by atoms with Gasteiger partial charge in [0.05, 0.1) is 11.2 Å². The van der Waals surface area contributed by atoms with Crippen LogP contribution in [0.25, 0.3) is 0 Å². The molecule has 54 valence electrons. The molecule has 1 aromatic heterocycles. The molecule has 2 nitrogen and oxygen atoms in total. The number of hydrogen-bond donors (Lipinski definition) is 0. The minimum absolute atomic E-state index is 0.267. The lowest BCUT2D eigenvalue weighted by molar-refractivity contribution is 0.0606. The lowest BCUT2D eigenvalue weighted by atomic mass is 10.5. The second-order valence-corrected chi connectivity index (χ2v) is 3.35. The van der Waals surface area contributed by atoms with Gasteiger partial charge in [0.25, 0.3) is 0 Å². The Morgan fingerprint density at radius 1 is 2.00 bits per heavy atom. The predicted octanol–water partition coefficient (Wildman–Crippen LogP) is 2.30. The molecule has 0 N–H and O–H groups in total. The SMILES string of the molecule is [2H]C([2H])([2H])OC(=O)c1cc(Br)cs1. The highest BCUT2D eigenvalue weighted by Gasteiger charge is 2.06. The van der Waals surface area contributed by atoms with Crippen molar-refractivity contribution in [3.8, 4) is 0 Å². The van der Waals surface area contributed by atoms with E-state index in [4.69, 9.17) is 4.11 Å². The summed E-state index contributed by atoms with van der Waals surface area (Å²) in [6.07, 6.45) is 0. The summed E-state index contributed by atoms with van der Waals surface area (Å²) >= 11 is 4.27. The summed E-state index contributed by atoms with van der Waals surface area (Å²) in [5.74, 6) is -0.823. The highest BCUT2D eigenvalue weighted by molar-refractivity contribution is 9.10. The number of esters is 1. The van der Waals surface area contributed by atoms with Gasteiger partial charge in [-0.05, 0) is 22.0 Å². The first-order valence-corrected chi connectivity index (χ1v) is 4.03. The number of methoxy groups -OCH3 is 1. The molecule has 0 radical (unpaired) electrons. The highest BCUT2D eigenvalue weighted by Crippen LogP contribution is 2.19. The first kappa shape index (κ1) is 4.51. The number of hydrogen-bond acceptors (Lipinski definition) is 3. The van der Waals surface area contributed by atoms with E-state index < -0.39 is 13.0 Å². The number of rotatable bonds is 1. The zero-order valence-electron chi connectivity index (χ0n) is 7.76. The van der Waals surface area contributed by atoms with Crippen molar-refractivity contribution in [3.63, 3.8) is 0 Å². The second-order valence-electron chi connectivity index (χ2n) is 1.52. The molecule has 0 fully saturated rings. The molecule has 0 aliphatic carbocycles. The zero-order chi connectivity index (χ0) is 10.1. The Morgan fingerprint density at radius 3 is 3.30 bits per heavy atom. The van der Waals surface area contributed by atoms with E-state index in [0.29, 0.717) is 0 Å². The first-order valence-electron chi connectivity index (χ1n) is 3.86. The lowest BCUT2D eigenvalue weighted by Crippen LogP contribution is -1.96. The van der Waals surface area contributed by atoms with Crippen molar-refractivity contribution in [1.29, 1.82) is 0 Å². The van der Waals surface area contributed by atoms with Crippen LogP contribution in [0.2, 0.25) is 0 Å². The summed E-state index contributed by atoms with van der Waals surface area (Å²) in [5.41, 5.74) is 0. The second kappa shape index (κ2) is 3.16. The van der Waals surface area contributed by atoms with Gasteiger partial charge in [-0.2, -0.15) is 0 Å². The van der Waals surface area contributed by atoms with Crippen molar-refractivity contribution >= 4 is 33.2 Å². The zero-order valence-corrected chi connectivity index (χ0v) is 7.16. The molecule has 1 rings (SSSR count). The van der Waals surface area contributed by atoms with Gasteiger partial charge < -0.3 is 4.74 Å². The average Bonchev–Trinajstić information content (AvgIpc) is 2.31. The van der Waals surface area contributed by atoms with Crippen LogP contribution in [-0.2, 0) is 4.74 Å². The van der Waals surface area contributed by atoms with Crippen molar-refractivity contribution < 1.29 is 13.6 Å². The molecule has 1 aromatic rings. The van der Waals surface area contributed by atoms with E-state index in [0.717, 1.165) is 15.8 Å². The molecule has 0 unspecified atom stereocenters. The van der Waals surface area contributed by atoms with Gasteiger partial charge in [-0.15, -0.1) is 11.3 Å². The Hall–Kier alpha value is -0.350. The maximum atomic E-state index is 11.1. The number of carbonyl (C=O) groups excluding carboxylic acids is 1. The Bertz CT molecular complexity index is 320. The van der Waals surface area contributed by atoms with E-state index in [1.807, 2.05) is 0 Å². The smallest absolute Gasteiger partial charge is 0.348 e. The Balaban J connectivity index is 2.70. The van der Waals surface area contributed by atoms with Crippen LogP contribution in [0.3, 0.4) is 0 Å². The van der Waals surface area contributed by atoms with Gasteiger partial charge in [-0.3, -0.25) is 0 Å². The normalized spacial score (nSPS) is 15.1. The maximum Gasteiger partial charge on any atom is 0.348 e. The van der Waals surface area contributed by atoms with E-state index in [2.05, 4.69) is 20.7 Å². The third kappa shape index (κ3) is 1.58. The van der Waals surface area contributed by atoms with Crippen molar-refractivity contribution in [2.75, 3.05) is 7.04 Å². The standard InChI is InChI=1S/C6H5BrO2S/c1-9-6(8)5-2-4(7)3-10-5/h2-3H,1H3/i1D3. The van der Waals surface area contributed by atoms with Crippen LogP contribution in [0.15, 0.2) is 15.9 Å². The number of thiophene rings is 1.